The van der Waals surface area contributed by atoms with E-state index in [1.54, 1.807) is 16.4 Å². The molecule has 1 N–H and O–H groups in total. The van der Waals surface area contributed by atoms with Crippen LogP contribution in [0.1, 0.15) is 35.3 Å². The van der Waals surface area contributed by atoms with Gasteiger partial charge in [-0.15, -0.1) is 0 Å². The van der Waals surface area contributed by atoms with Gasteiger partial charge in [-0.25, -0.2) is 8.42 Å². The molecule has 0 aromatic heterocycles. The Morgan fingerprint density at radius 2 is 1.50 bits per heavy atom. The summed E-state index contributed by atoms with van der Waals surface area (Å²) >= 11 is 0. The molecule has 36 heavy (non-hydrogen) atoms. The first-order valence-corrected chi connectivity index (χ1v) is 13.6. The molecule has 1 heterocycles. The molecule has 0 unspecified atom stereocenters. The quantitative estimate of drug-likeness (QED) is 0.484. The van der Waals surface area contributed by atoms with Crippen molar-refractivity contribution >= 4 is 21.6 Å². The molecular formula is C28H33N3O4S. The molecule has 0 saturated carbocycles. The summed E-state index contributed by atoms with van der Waals surface area (Å²) in [5.74, 6) is 0.593. The van der Waals surface area contributed by atoms with Crippen LogP contribution in [0.4, 0.5) is 5.69 Å². The highest BCUT2D eigenvalue weighted by molar-refractivity contribution is 7.89. The summed E-state index contributed by atoms with van der Waals surface area (Å²) in [6.45, 7) is 8.81. The van der Waals surface area contributed by atoms with E-state index in [1.165, 1.54) is 0 Å². The highest BCUT2D eigenvalue weighted by atomic mass is 32.2. The predicted molar refractivity (Wildman–Crippen MR) is 142 cm³/mol. The smallest absolute Gasteiger partial charge is 0.255 e. The molecular weight excluding hydrogens is 474 g/mol. The molecule has 0 radical (unpaired) electrons. The number of carbonyl (C=O) groups excluding carboxylic acids is 1. The number of carbonyl (C=O) groups is 1. The van der Waals surface area contributed by atoms with Crippen molar-refractivity contribution in [3.8, 4) is 5.75 Å². The molecule has 3 aromatic rings. The number of benzene rings is 3. The first-order valence-electron chi connectivity index (χ1n) is 12.2. The van der Waals surface area contributed by atoms with E-state index in [1.807, 2.05) is 81.4 Å². The van der Waals surface area contributed by atoms with Gasteiger partial charge in [-0.3, -0.25) is 9.69 Å². The lowest BCUT2D eigenvalue weighted by Crippen LogP contribution is -2.48. The summed E-state index contributed by atoms with van der Waals surface area (Å²) in [5, 5.41) is 2.91. The molecule has 3 aromatic carbocycles. The van der Waals surface area contributed by atoms with Gasteiger partial charge in [-0.2, -0.15) is 4.31 Å². The van der Waals surface area contributed by atoms with E-state index in [4.69, 9.17) is 4.74 Å². The molecule has 0 aliphatic carbocycles. The number of aryl methyl sites for hydroxylation is 1. The van der Waals surface area contributed by atoms with E-state index in [2.05, 4.69) is 10.2 Å². The average Bonchev–Trinajstić information content (AvgIpc) is 2.86. The molecule has 0 bridgehead atoms. The summed E-state index contributed by atoms with van der Waals surface area (Å²) in [7, 11) is -3.47. The molecule has 190 valence electrons. The number of anilines is 1. The van der Waals surface area contributed by atoms with E-state index in [0.717, 1.165) is 16.9 Å². The Bertz CT molecular complexity index is 1260. The summed E-state index contributed by atoms with van der Waals surface area (Å²) in [6.07, 6.45) is 0.0968. The minimum atomic E-state index is -3.47. The Kier molecular flexibility index (Phi) is 8.08. The van der Waals surface area contributed by atoms with Crippen LogP contribution in [-0.4, -0.2) is 55.8 Å². The second-order valence-corrected chi connectivity index (χ2v) is 11.3. The van der Waals surface area contributed by atoms with Gasteiger partial charge in [0.25, 0.3) is 5.91 Å². The van der Waals surface area contributed by atoms with Crippen LogP contribution in [0.3, 0.4) is 0 Å². The second kappa shape index (κ2) is 11.2. The van der Waals surface area contributed by atoms with Crippen LogP contribution < -0.4 is 10.1 Å². The van der Waals surface area contributed by atoms with Crippen molar-refractivity contribution in [2.75, 3.05) is 31.5 Å². The van der Waals surface area contributed by atoms with Crippen LogP contribution in [0.5, 0.6) is 5.75 Å². The maximum absolute atomic E-state index is 12.9. The fourth-order valence-electron chi connectivity index (χ4n) is 4.10. The van der Waals surface area contributed by atoms with E-state index in [9.17, 15) is 13.2 Å². The van der Waals surface area contributed by atoms with E-state index >= 15 is 0 Å². The minimum absolute atomic E-state index is 0.0968. The Balaban J connectivity index is 1.28. The van der Waals surface area contributed by atoms with Gasteiger partial charge in [0.1, 0.15) is 5.75 Å². The molecule has 0 spiro atoms. The largest absolute Gasteiger partial charge is 0.491 e. The van der Waals surface area contributed by atoms with Crippen LogP contribution in [0.2, 0.25) is 0 Å². The summed E-state index contributed by atoms with van der Waals surface area (Å²) in [4.78, 5) is 15.2. The Morgan fingerprint density at radius 3 is 2.08 bits per heavy atom. The first-order chi connectivity index (χ1) is 17.2. The Morgan fingerprint density at radius 1 is 0.889 bits per heavy atom. The monoisotopic (exact) mass is 507 g/mol. The Labute approximate surface area is 213 Å². The number of sulfonamides is 1. The van der Waals surface area contributed by atoms with Crippen molar-refractivity contribution in [1.82, 2.24) is 9.21 Å². The maximum atomic E-state index is 12.9. The van der Waals surface area contributed by atoms with Crippen molar-refractivity contribution in [1.29, 1.82) is 0 Å². The first kappa shape index (κ1) is 25.9. The molecule has 8 heteroatoms. The lowest BCUT2D eigenvalue weighted by Gasteiger charge is -2.34. The fraction of sp³-hybridized carbons (Fsp3) is 0.321. The van der Waals surface area contributed by atoms with Crippen LogP contribution in [0.15, 0.2) is 77.7 Å². The summed E-state index contributed by atoms with van der Waals surface area (Å²) in [6, 6.07) is 21.8. The van der Waals surface area contributed by atoms with Crippen LogP contribution in [-0.2, 0) is 16.6 Å². The third-order valence-corrected chi connectivity index (χ3v) is 8.01. The van der Waals surface area contributed by atoms with Gasteiger partial charge in [-0.05, 0) is 74.9 Å². The number of rotatable bonds is 8. The molecule has 1 amide bonds. The number of nitrogens with zero attached hydrogens (tertiary/aromatic N) is 2. The topological polar surface area (TPSA) is 79.0 Å². The summed E-state index contributed by atoms with van der Waals surface area (Å²) in [5.41, 5.74) is 3.40. The second-order valence-electron chi connectivity index (χ2n) is 9.34. The number of hydrogen-bond donors (Lipinski definition) is 1. The van der Waals surface area contributed by atoms with Gasteiger partial charge in [-0.1, -0.05) is 29.8 Å². The molecule has 1 saturated heterocycles. The zero-order valence-corrected chi connectivity index (χ0v) is 21.8. The maximum Gasteiger partial charge on any atom is 0.255 e. The molecule has 7 nitrogen and oxygen atoms in total. The summed E-state index contributed by atoms with van der Waals surface area (Å²) < 4.78 is 33.0. The highest BCUT2D eigenvalue weighted by Gasteiger charge is 2.28. The van der Waals surface area contributed by atoms with Gasteiger partial charge in [0.05, 0.1) is 11.0 Å². The molecule has 0 atom stereocenters. The average molecular weight is 508 g/mol. The van der Waals surface area contributed by atoms with E-state index in [0.29, 0.717) is 48.9 Å². The number of hydrogen-bond acceptors (Lipinski definition) is 5. The predicted octanol–water partition coefficient (Wildman–Crippen LogP) is 4.54. The Hall–Kier alpha value is -3.20. The number of piperazine rings is 1. The zero-order valence-electron chi connectivity index (χ0n) is 21.0. The fourth-order valence-corrected chi connectivity index (χ4v) is 5.52. The van der Waals surface area contributed by atoms with Crippen molar-refractivity contribution in [2.45, 2.75) is 38.3 Å². The van der Waals surface area contributed by atoms with Crippen molar-refractivity contribution in [3.05, 3.63) is 89.5 Å². The zero-order chi connectivity index (χ0) is 25.7. The van der Waals surface area contributed by atoms with Crippen molar-refractivity contribution in [2.24, 2.45) is 0 Å². The SMILES string of the molecule is Cc1ccc(S(=O)(=O)N2CCN(Cc3ccc(C(=O)Nc4ccc(OC(C)C)cc4)cc3)CC2)cc1. The molecule has 1 aliphatic rings. The molecule has 1 fully saturated rings. The van der Waals surface area contributed by atoms with Crippen molar-refractivity contribution in [3.63, 3.8) is 0 Å². The number of amides is 1. The lowest BCUT2D eigenvalue weighted by molar-refractivity contribution is 0.102. The number of ether oxygens (including phenoxy) is 1. The van der Waals surface area contributed by atoms with Gasteiger partial charge in [0, 0.05) is 44.0 Å². The van der Waals surface area contributed by atoms with Gasteiger partial charge in [0.2, 0.25) is 10.0 Å². The van der Waals surface area contributed by atoms with Crippen LogP contribution >= 0.6 is 0 Å². The van der Waals surface area contributed by atoms with Gasteiger partial charge >= 0.3 is 0 Å². The molecule has 4 rings (SSSR count). The van der Waals surface area contributed by atoms with Gasteiger partial charge in [0.15, 0.2) is 0 Å². The highest BCUT2D eigenvalue weighted by Crippen LogP contribution is 2.20. The van der Waals surface area contributed by atoms with E-state index in [-0.39, 0.29) is 12.0 Å². The minimum Gasteiger partial charge on any atom is -0.491 e. The lowest BCUT2D eigenvalue weighted by atomic mass is 10.1. The van der Waals surface area contributed by atoms with Gasteiger partial charge < -0.3 is 10.1 Å². The van der Waals surface area contributed by atoms with Crippen molar-refractivity contribution < 1.29 is 17.9 Å². The van der Waals surface area contributed by atoms with Crippen LogP contribution in [0.25, 0.3) is 0 Å². The standard InChI is InChI=1S/C28H33N3O4S/c1-21(2)35-26-12-10-25(11-13-26)29-28(32)24-8-6-23(7-9-24)20-30-16-18-31(19-17-30)36(33,34)27-14-4-22(3)5-15-27/h4-15,21H,16-20H2,1-3H3,(H,29,32). The molecule has 1 aliphatic heterocycles. The third kappa shape index (κ3) is 6.51. The normalized spacial score (nSPS) is 15.1. The number of nitrogens with one attached hydrogen (secondary N) is 1. The van der Waals surface area contributed by atoms with E-state index < -0.39 is 10.0 Å². The third-order valence-electron chi connectivity index (χ3n) is 6.10. The van der Waals surface area contributed by atoms with Crippen LogP contribution in [0, 0.1) is 6.92 Å².